The van der Waals surface area contributed by atoms with Crippen LogP contribution in [-0.2, 0) is 6.42 Å². The van der Waals surface area contributed by atoms with Gasteiger partial charge in [0.05, 0.1) is 0 Å². The highest BCUT2D eigenvalue weighted by atomic mass is 14.2. The maximum atomic E-state index is 2.38. The highest BCUT2D eigenvalue weighted by Gasteiger charge is 2.18. The fourth-order valence-corrected chi connectivity index (χ4v) is 3.39. The number of hydrogen-bond acceptors (Lipinski definition) is 0. The van der Waals surface area contributed by atoms with Gasteiger partial charge in [0.25, 0.3) is 0 Å². The molecule has 0 bridgehead atoms. The van der Waals surface area contributed by atoms with Gasteiger partial charge in [0.1, 0.15) is 0 Å². The molecule has 3 aromatic rings. The van der Waals surface area contributed by atoms with Crippen LogP contribution in [-0.4, -0.2) is 0 Å². The third-order valence-corrected chi connectivity index (χ3v) is 4.74. The molecule has 0 aromatic heterocycles. The summed E-state index contributed by atoms with van der Waals surface area (Å²) in [6.45, 7) is 4.57. The van der Waals surface area contributed by atoms with E-state index in [9.17, 15) is 0 Å². The lowest BCUT2D eigenvalue weighted by Crippen LogP contribution is -1.95. The van der Waals surface area contributed by atoms with Crippen molar-refractivity contribution in [1.82, 2.24) is 0 Å². The van der Waals surface area contributed by atoms with Gasteiger partial charge in [-0.3, -0.25) is 0 Å². The molecule has 0 saturated carbocycles. The summed E-state index contributed by atoms with van der Waals surface area (Å²) in [5, 5.41) is 2.62. The molecule has 0 heterocycles. The normalized spacial score (nSPS) is 13.5. The van der Waals surface area contributed by atoms with Gasteiger partial charge in [0.2, 0.25) is 0 Å². The number of rotatable bonds is 2. The van der Waals surface area contributed by atoms with Gasteiger partial charge in [0.15, 0.2) is 0 Å². The predicted octanol–water partition coefficient (Wildman–Crippen LogP) is 6.10. The molecule has 108 valence electrons. The van der Waals surface area contributed by atoms with Crippen molar-refractivity contribution in [3.8, 4) is 11.1 Å². The zero-order valence-corrected chi connectivity index (χ0v) is 13.1. The zero-order chi connectivity index (χ0) is 15.1. The molecular formula is C22H20. The second kappa shape index (κ2) is 5.14. The highest BCUT2D eigenvalue weighted by Crippen LogP contribution is 2.37. The van der Waals surface area contributed by atoms with E-state index in [1.807, 2.05) is 0 Å². The predicted molar refractivity (Wildman–Crippen MR) is 95.9 cm³/mol. The van der Waals surface area contributed by atoms with Crippen molar-refractivity contribution >= 4 is 16.8 Å². The number of benzene rings is 3. The van der Waals surface area contributed by atoms with E-state index in [0.717, 1.165) is 6.42 Å². The van der Waals surface area contributed by atoms with Crippen molar-refractivity contribution < 1.29 is 0 Å². The zero-order valence-electron chi connectivity index (χ0n) is 13.1. The Bertz CT molecular complexity index is 881. The molecule has 0 spiro atoms. The molecule has 0 nitrogen and oxygen atoms in total. The number of fused-ring (bicyclic) bond motifs is 2. The molecule has 3 aromatic carbocycles. The van der Waals surface area contributed by atoms with Crippen LogP contribution in [0.4, 0.5) is 0 Å². The minimum atomic E-state index is 0.622. The number of hydrogen-bond donors (Lipinski definition) is 0. The van der Waals surface area contributed by atoms with E-state index in [2.05, 4.69) is 80.6 Å². The van der Waals surface area contributed by atoms with Gasteiger partial charge in [-0.05, 0) is 51.4 Å². The Hall–Kier alpha value is -2.34. The Morgan fingerprint density at radius 3 is 2.45 bits per heavy atom. The Kier molecular flexibility index (Phi) is 3.11. The van der Waals surface area contributed by atoms with Crippen molar-refractivity contribution in [2.24, 2.45) is 5.92 Å². The van der Waals surface area contributed by atoms with Crippen molar-refractivity contribution in [1.29, 1.82) is 0 Å². The van der Waals surface area contributed by atoms with Crippen LogP contribution < -0.4 is 0 Å². The van der Waals surface area contributed by atoms with E-state index < -0.39 is 0 Å². The van der Waals surface area contributed by atoms with Crippen molar-refractivity contribution in [2.45, 2.75) is 20.3 Å². The first-order valence-corrected chi connectivity index (χ1v) is 8.04. The van der Waals surface area contributed by atoms with E-state index in [0.29, 0.717) is 5.92 Å². The smallest absolute Gasteiger partial charge is 0.00491 e. The molecule has 1 aliphatic rings. The van der Waals surface area contributed by atoms with Crippen LogP contribution in [0.1, 0.15) is 25.0 Å². The van der Waals surface area contributed by atoms with Crippen LogP contribution in [0.5, 0.6) is 0 Å². The summed E-state index contributed by atoms with van der Waals surface area (Å²) in [6.07, 6.45) is 3.47. The summed E-state index contributed by atoms with van der Waals surface area (Å²) >= 11 is 0. The quantitative estimate of drug-likeness (QED) is 0.533. The Morgan fingerprint density at radius 1 is 0.818 bits per heavy atom. The fraction of sp³-hybridized carbons (Fsp3) is 0.182. The van der Waals surface area contributed by atoms with Gasteiger partial charge >= 0.3 is 0 Å². The van der Waals surface area contributed by atoms with Gasteiger partial charge in [-0.1, -0.05) is 80.1 Å². The Balaban J connectivity index is 1.83. The maximum Gasteiger partial charge on any atom is -0.00491 e. The van der Waals surface area contributed by atoms with Gasteiger partial charge < -0.3 is 0 Å². The fourth-order valence-electron chi connectivity index (χ4n) is 3.39. The van der Waals surface area contributed by atoms with Crippen LogP contribution in [0.25, 0.3) is 28.0 Å². The number of allylic oxidation sites excluding steroid dienone is 1. The SMILES string of the molecule is CC(C)C1=Cc2cccc(-c3ccc4ccccc4c3)c2C1. The average Bonchev–Trinajstić information content (AvgIpc) is 2.99. The molecule has 4 rings (SSSR count). The van der Waals surface area contributed by atoms with E-state index in [1.54, 1.807) is 5.57 Å². The minimum Gasteiger partial charge on any atom is -0.0626 e. The van der Waals surface area contributed by atoms with Crippen molar-refractivity contribution in [3.63, 3.8) is 0 Å². The highest BCUT2D eigenvalue weighted by molar-refractivity contribution is 5.88. The first kappa shape index (κ1) is 13.3. The average molecular weight is 284 g/mol. The first-order valence-electron chi connectivity index (χ1n) is 8.04. The lowest BCUT2D eigenvalue weighted by atomic mass is 9.93. The molecule has 0 amide bonds. The largest absolute Gasteiger partial charge is 0.0626 e. The Labute approximate surface area is 132 Å². The molecule has 0 atom stereocenters. The lowest BCUT2D eigenvalue weighted by molar-refractivity contribution is 0.755. The summed E-state index contributed by atoms with van der Waals surface area (Å²) in [4.78, 5) is 0. The van der Waals surface area contributed by atoms with Crippen LogP contribution >= 0.6 is 0 Å². The van der Waals surface area contributed by atoms with E-state index >= 15 is 0 Å². The Morgan fingerprint density at radius 2 is 1.64 bits per heavy atom. The summed E-state index contributed by atoms with van der Waals surface area (Å²) < 4.78 is 0. The molecule has 0 unspecified atom stereocenters. The van der Waals surface area contributed by atoms with Gasteiger partial charge in [0, 0.05) is 0 Å². The molecule has 0 heteroatoms. The second-order valence-electron chi connectivity index (χ2n) is 6.49. The molecule has 0 saturated heterocycles. The van der Waals surface area contributed by atoms with E-state index in [4.69, 9.17) is 0 Å². The van der Waals surface area contributed by atoms with Crippen LogP contribution in [0.3, 0.4) is 0 Å². The monoisotopic (exact) mass is 284 g/mol. The maximum absolute atomic E-state index is 2.38. The molecule has 1 aliphatic carbocycles. The molecule has 0 aliphatic heterocycles. The van der Waals surface area contributed by atoms with Crippen LogP contribution in [0.2, 0.25) is 0 Å². The van der Waals surface area contributed by atoms with Crippen LogP contribution in [0, 0.1) is 5.92 Å². The van der Waals surface area contributed by atoms with Gasteiger partial charge in [-0.25, -0.2) is 0 Å². The van der Waals surface area contributed by atoms with Crippen LogP contribution in [0.15, 0.2) is 66.2 Å². The summed E-state index contributed by atoms with van der Waals surface area (Å²) in [5.74, 6) is 0.622. The molecule has 0 N–H and O–H groups in total. The molecule has 22 heavy (non-hydrogen) atoms. The third kappa shape index (κ3) is 2.16. The molecule has 0 fully saturated rings. The lowest BCUT2D eigenvalue weighted by Gasteiger charge is -2.11. The summed E-state index contributed by atoms with van der Waals surface area (Å²) in [6, 6.07) is 22.1. The van der Waals surface area contributed by atoms with Gasteiger partial charge in [-0.15, -0.1) is 0 Å². The topological polar surface area (TPSA) is 0 Å². The standard InChI is InChI=1S/C22H20/c1-15(2)20-13-18-8-5-9-21(22(18)14-20)19-11-10-16-6-3-4-7-17(16)12-19/h3-13,15H,14H2,1-2H3. The van der Waals surface area contributed by atoms with Crippen molar-refractivity contribution in [3.05, 3.63) is 77.4 Å². The summed E-state index contributed by atoms with van der Waals surface area (Å²) in [5.41, 5.74) is 7.14. The summed E-state index contributed by atoms with van der Waals surface area (Å²) in [7, 11) is 0. The molecular weight excluding hydrogens is 264 g/mol. The third-order valence-electron chi connectivity index (χ3n) is 4.74. The molecule has 0 radical (unpaired) electrons. The van der Waals surface area contributed by atoms with E-state index in [-0.39, 0.29) is 0 Å². The van der Waals surface area contributed by atoms with E-state index in [1.165, 1.54) is 33.0 Å². The second-order valence-corrected chi connectivity index (χ2v) is 6.49. The minimum absolute atomic E-state index is 0.622. The van der Waals surface area contributed by atoms with Crippen molar-refractivity contribution in [2.75, 3.05) is 0 Å². The van der Waals surface area contributed by atoms with Gasteiger partial charge in [-0.2, -0.15) is 0 Å². The first-order chi connectivity index (χ1) is 10.7.